The summed E-state index contributed by atoms with van der Waals surface area (Å²) in [5.74, 6) is 0.848. The van der Waals surface area contributed by atoms with E-state index in [4.69, 9.17) is 0 Å². The first-order valence-electron chi connectivity index (χ1n) is 4.70. The topological polar surface area (TPSA) is 42.0 Å². The van der Waals surface area contributed by atoms with E-state index in [9.17, 15) is 4.79 Å². The van der Waals surface area contributed by atoms with Crippen LogP contribution < -0.4 is 4.72 Å². The fraction of sp³-hybridized carbons (Fsp3) is 0.400. The third-order valence-electron chi connectivity index (χ3n) is 1.95. The predicted molar refractivity (Wildman–Crippen MR) is 58.2 cm³/mol. The minimum atomic E-state index is 0.392. The van der Waals surface area contributed by atoms with Gasteiger partial charge in [0, 0.05) is 17.4 Å². The molecule has 0 atom stereocenters. The number of aromatic nitrogens is 1. The summed E-state index contributed by atoms with van der Waals surface area (Å²) in [4.78, 5) is 14.6. The monoisotopic (exact) mass is 208 g/mol. The van der Waals surface area contributed by atoms with Crippen molar-refractivity contribution in [2.45, 2.75) is 24.5 Å². The lowest BCUT2D eigenvalue weighted by Gasteiger charge is -2.03. The van der Waals surface area contributed by atoms with Crippen molar-refractivity contribution in [2.24, 2.45) is 0 Å². The van der Waals surface area contributed by atoms with Crippen molar-refractivity contribution < 1.29 is 4.79 Å². The molecule has 4 heteroatoms. The minimum Gasteiger partial charge on any atom is -0.314 e. The second-order valence-corrected chi connectivity index (χ2v) is 4.41. The minimum absolute atomic E-state index is 0.392. The van der Waals surface area contributed by atoms with Crippen molar-refractivity contribution >= 4 is 24.1 Å². The molecule has 2 rings (SSSR count). The Morgan fingerprint density at radius 2 is 2.43 bits per heavy atom. The van der Waals surface area contributed by atoms with Gasteiger partial charge in [-0.2, -0.15) is 0 Å². The molecule has 1 fully saturated rings. The summed E-state index contributed by atoms with van der Waals surface area (Å²) in [5, 5.41) is 0.756. The largest absolute Gasteiger partial charge is 0.314 e. The first-order chi connectivity index (χ1) is 6.88. The Morgan fingerprint density at radius 1 is 1.57 bits per heavy atom. The fourth-order valence-corrected chi connectivity index (χ4v) is 1.84. The highest BCUT2D eigenvalue weighted by molar-refractivity contribution is 8.01. The Kier molecular flexibility index (Phi) is 3.03. The van der Waals surface area contributed by atoms with Gasteiger partial charge in [-0.15, -0.1) is 0 Å². The highest BCUT2D eigenvalue weighted by Gasteiger charge is 2.22. The van der Waals surface area contributed by atoms with Crippen LogP contribution in [0, 0.1) is 0 Å². The van der Waals surface area contributed by atoms with Gasteiger partial charge >= 0.3 is 0 Å². The van der Waals surface area contributed by atoms with Crippen molar-refractivity contribution in [3.8, 4) is 0 Å². The molecule has 0 unspecified atom stereocenters. The zero-order chi connectivity index (χ0) is 9.80. The lowest BCUT2D eigenvalue weighted by Crippen LogP contribution is -1.96. The molecule has 14 heavy (non-hydrogen) atoms. The van der Waals surface area contributed by atoms with Crippen molar-refractivity contribution in [1.82, 2.24) is 4.98 Å². The average molecular weight is 208 g/mol. The van der Waals surface area contributed by atoms with Crippen LogP contribution in [0.5, 0.6) is 0 Å². The molecule has 0 saturated heterocycles. The van der Waals surface area contributed by atoms with E-state index in [2.05, 4.69) is 9.71 Å². The van der Waals surface area contributed by atoms with Crippen LogP contribution in [0.2, 0.25) is 0 Å². The Balaban J connectivity index is 1.93. The molecule has 0 radical (unpaired) electrons. The van der Waals surface area contributed by atoms with Gasteiger partial charge in [0.25, 0.3) is 0 Å². The average Bonchev–Trinajstić information content (AvgIpc) is 2.99. The Bertz CT molecular complexity index is 326. The van der Waals surface area contributed by atoms with E-state index in [1.165, 1.54) is 12.8 Å². The van der Waals surface area contributed by atoms with Crippen LogP contribution in [0.3, 0.4) is 0 Å². The summed E-state index contributed by atoms with van der Waals surface area (Å²) < 4.78 is 3.20. The van der Waals surface area contributed by atoms with E-state index in [1.54, 1.807) is 11.9 Å². The molecule has 1 aromatic rings. The molecule has 0 aliphatic heterocycles. The van der Waals surface area contributed by atoms with E-state index < -0.39 is 0 Å². The van der Waals surface area contributed by atoms with Crippen molar-refractivity contribution in [3.63, 3.8) is 0 Å². The Labute approximate surface area is 87.4 Å². The van der Waals surface area contributed by atoms with Gasteiger partial charge in [0.15, 0.2) is 0 Å². The van der Waals surface area contributed by atoms with E-state index in [0.29, 0.717) is 6.42 Å². The number of nitrogens with zero attached hydrogens (tertiary/aromatic N) is 1. The quantitative estimate of drug-likeness (QED) is 0.594. The molecule has 1 aromatic heterocycles. The number of rotatable bonds is 5. The smallest absolute Gasteiger partial charge is 0.136 e. The highest BCUT2D eigenvalue weighted by Crippen LogP contribution is 2.33. The summed E-state index contributed by atoms with van der Waals surface area (Å²) in [7, 11) is 0. The van der Waals surface area contributed by atoms with Crippen LogP contribution in [-0.4, -0.2) is 16.5 Å². The van der Waals surface area contributed by atoms with Gasteiger partial charge in [-0.05, 0) is 36.9 Å². The zero-order valence-electron chi connectivity index (χ0n) is 7.77. The number of aldehydes is 1. The fourth-order valence-electron chi connectivity index (χ4n) is 1.07. The molecule has 1 N–H and O–H groups in total. The maximum atomic E-state index is 10.3. The van der Waals surface area contributed by atoms with E-state index in [0.717, 1.165) is 23.0 Å². The second kappa shape index (κ2) is 4.46. The first kappa shape index (κ1) is 9.52. The molecule has 1 aliphatic rings. The molecule has 1 saturated carbocycles. The van der Waals surface area contributed by atoms with Gasteiger partial charge in [-0.3, -0.25) is 0 Å². The normalized spacial score (nSPS) is 15.1. The van der Waals surface area contributed by atoms with Gasteiger partial charge < -0.3 is 9.52 Å². The third-order valence-corrected chi connectivity index (χ3v) is 3.09. The van der Waals surface area contributed by atoms with Crippen LogP contribution in [0.15, 0.2) is 18.2 Å². The number of hydrogen-bond acceptors (Lipinski definition) is 4. The molecule has 0 aromatic carbocycles. The second-order valence-electron chi connectivity index (χ2n) is 3.30. The predicted octanol–water partition coefficient (Wildman–Crippen LogP) is 2.05. The van der Waals surface area contributed by atoms with Crippen LogP contribution in [-0.2, 0) is 11.2 Å². The molecule has 3 nitrogen and oxygen atoms in total. The van der Waals surface area contributed by atoms with Crippen LogP contribution in [0.25, 0.3) is 0 Å². The van der Waals surface area contributed by atoms with Crippen LogP contribution in [0.4, 0.5) is 5.82 Å². The number of nitrogens with one attached hydrogen (secondary N) is 1. The summed E-state index contributed by atoms with van der Waals surface area (Å²) in [6.07, 6.45) is 3.86. The zero-order valence-corrected chi connectivity index (χ0v) is 8.59. The van der Waals surface area contributed by atoms with Crippen LogP contribution in [0.1, 0.15) is 18.5 Å². The number of carbonyl (C=O) groups is 1. The standard InChI is InChI=1S/C10H12N2OS/c13-7-6-8-2-1-3-10(11-8)12-14-9-4-5-9/h1-3,7,9H,4-6H2,(H,11,12). The SMILES string of the molecule is O=CCc1cccc(NSC2CC2)n1. The van der Waals surface area contributed by atoms with Gasteiger partial charge in [0.05, 0.1) is 0 Å². The van der Waals surface area contributed by atoms with E-state index in [1.807, 2.05) is 18.2 Å². The van der Waals surface area contributed by atoms with Gasteiger partial charge in [-0.25, -0.2) is 4.98 Å². The molecule has 1 heterocycles. The molecule has 74 valence electrons. The van der Waals surface area contributed by atoms with Crippen molar-refractivity contribution in [2.75, 3.05) is 4.72 Å². The lowest BCUT2D eigenvalue weighted by atomic mass is 10.3. The molecular weight excluding hydrogens is 196 g/mol. The number of carbonyl (C=O) groups excluding carboxylic acids is 1. The van der Waals surface area contributed by atoms with E-state index >= 15 is 0 Å². The van der Waals surface area contributed by atoms with Gasteiger partial charge in [-0.1, -0.05) is 6.07 Å². The molecule has 0 bridgehead atoms. The lowest BCUT2D eigenvalue weighted by molar-refractivity contribution is -0.107. The summed E-state index contributed by atoms with van der Waals surface area (Å²) in [6.45, 7) is 0. The maximum absolute atomic E-state index is 10.3. The highest BCUT2D eigenvalue weighted by atomic mass is 32.2. The number of anilines is 1. The summed E-state index contributed by atoms with van der Waals surface area (Å²) >= 11 is 1.72. The molecule has 1 aliphatic carbocycles. The molecule has 0 amide bonds. The third kappa shape index (κ3) is 2.73. The van der Waals surface area contributed by atoms with Crippen molar-refractivity contribution in [3.05, 3.63) is 23.9 Å². The molecular formula is C10H12N2OS. The Morgan fingerprint density at radius 3 is 3.14 bits per heavy atom. The summed E-state index contributed by atoms with van der Waals surface area (Å²) in [5.41, 5.74) is 0.821. The number of pyridine rings is 1. The van der Waals surface area contributed by atoms with E-state index in [-0.39, 0.29) is 0 Å². The summed E-state index contributed by atoms with van der Waals surface area (Å²) in [6, 6.07) is 5.70. The first-order valence-corrected chi connectivity index (χ1v) is 5.57. The van der Waals surface area contributed by atoms with Crippen molar-refractivity contribution in [1.29, 1.82) is 0 Å². The molecule has 0 spiro atoms. The Hall–Kier alpha value is -1.03. The van der Waals surface area contributed by atoms with Gasteiger partial charge in [0.1, 0.15) is 12.1 Å². The number of hydrogen-bond donors (Lipinski definition) is 1. The maximum Gasteiger partial charge on any atom is 0.136 e. The van der Waals surface area contributed by atoms with Gasteiger partial charge in [0.2, 0.25) is 0 Å². The van der Waals surface area contributed by atoms with Crippen LogP contribution >= 0.6 is 11.9 Å².